The first kappa shape index (κ1) is 12.8. The molecule has 0 spiro atoms. The molecule has 1 saturated heterocycles. The van der Waals surface area contributed by atoms with Crippen molar-refractivity contribution in [2.45, 2.75) is 25.0 Å². The lowest BCUT2D eigenvalue weighted by Crippen LogP contribution is -2.53. The minimum absolute atomic E-state index is 0.357. The smallest absolute Gasteiger partial charge is 0.0658 e. The molecule has 4 rings (SSSR count). The number of hydrogen-bond acceptors (Lipinski definition) is 3. The van der Waals surface area contributed by atoms with Crippen LogP contribution < -0.4 is 0 Å². The number of benzene rings is 1. The third-order valence-electron chi connectivity index (χ3n) is 4.40. The molecule has 1 fully saturated rings. The molecule has 108 valence electrons. The van der Waals surface area contributed by atoms with Crippen LogP contribution in [0.4, 0.5) is 0 Å². The molecule has 2 atom stereocenters. The van der Waals surface area contributed by atoms with E-state index < -0.39 is 0 Å². The zero-order valence-corrected chi connectivity index (χ0v) is 11.9. The van der Waals surface area contributed by atoms with Gasteiger partial charge in [-0.3, -0.25) is 10.00 Å². The highest BCUT2D eigenvalue weighted by Crippen LogP contribution is 2.32. The first-order valence-corrected chi connectivity index (χ1v) is 7.48. The molecule has 4 heteroatoms. The summed E-state index contributed by atoms with van der Waals surface area (Å²) < 4.78 is 5.76. The molecule has 2 unspecified atom stereocenters. The van der Waals surface area contributed by atoms with Crippen molar-refractivity contribution in [2.75, 3.05) is 13.2 Å². The van der Waals surface area contributed by atoms with Gasteiger partial charge in [0.15, 0.2) is 0 Å². The first-order valence-electron chi connectivity index (χ1n) is 7.48. The largest absolute Gasteiger partial charge is 0.378 e. The van der Waals surface area contributed by atoms with Gasteiger partial charge in [0.25, 0.3) is 0 Å². The summed E-state index contributed by atoms with van der Waals surface area (Å²) in [5.74, 6) is 0. The van der Waals surface area contributed by atoms with Gasteiger partial charge >= 0.3 is 0 Å². The van der Waals surface area contributed by atoms with Gasteiger partial charge in [-0.15, -0.1) is 0 Å². The van der Waals surface area contributed by atoms with Crippen molar-refractivity contribution >= 4 is 5.57 Å². The second-order valence-electron chi connectivity index (χ2n) is 5.78. The lowest BCUT2D eigenvalue weighted by Gasteiger charge is -2.44. The van der Waals surface area contributed by atoms with Gasteiger partial charge in [0.2, 0.25) is 0 Å². The number of H-pyrrole nitrogens is 1. The minimum atomic E-state index is 0.357. The van der Waals surface area contributed by atoms with E-state index in [0.717, 1.165) is 31.9 Å². The van der Waals surface area contributed by atoms with E-state index in [-0.39, 0.29) is 0 Å². The Bertz CT molecular complexity index is 621. The van der Waals surface area contributed by atoms with E-state index in [1.54, 1.807) is 0 Å². The fraction of sp³-hybridized carbons (Fsp3) is 0.353. The Morgan fingerprint density at radius 1 is 1.19 bits per heavy atom. The summed E-state index contributed by atoms with van der Waals surface area (Å²) in [7, 11) is 0. The normalized spacial score (nSPS) is 25.6. The van der Waals surface area contributed by atoms with E-state index in [0.29, 0.717) is 12.1 Å². The number of aromatic amines is 1. The lowest BCUT2D eigenvalue weighted by molar-refractivity contribution is -0.0403. The molecule has 1 aromatic carbocycles. The Morgan fingerprint density at radius 2 is 2.10 bits per heavy atom. The number of morpholine rings is 1. The Morgan fingerprint density at radius 3 is 2.86 bits per heavy atom. The number of rotatable bonds is 3. The van der Waals surface area contributed by atoms with Crippen LogP contribution in [-0.2, 0) is 11.3 Å². The predicted molar refractivity (Wildman–Crippen MR) is 81.6 cm³/mol. The van der Waals surface area contributed by atoms with Crippen molar-refractivity contribution in [3.63, 3.8) is 0 Å². The highest BCUT2D eigenvalue weighted by molar-refractivity contribution is 5.64. The van der Waals surface area contributed by atoms with E-state index in [4.69, 9.17) is 4.74 Å². The van der Waals surface area contributed by atoms with Gasteiger partial charge in [-0.2, -0.15) is 5.10 Å². The van der Waals surface area contributed by atoms with E-state index >= 15 is 0 Å². The number of fused-ring (bicyclic) bond motifs is 2. The third kappa shape index (κ3) is 2.52. The second kappa shape index (κ2) is 5.47. The third-order valence-corrected chi connectivity index (χ3v) is 4.40. The van der Waals surface area contributed by atoms with Gasteiger partial charge < -0.3 is 4.74 Å². The molecule has 1 N–H and O–H groups in total. The fourth-order valence-corrected chi connectivity index (χ4v) is 3.34. The van der Waals surface area contributed by atoms with E-state index in [9.17, 15) is 0 Å². The summed E-state index contributed by atoms with van der Waals surface area (Å²) >= 11 is 0. The Hall–Kier alpha value is -1.91. The average Bonchev–Trinajstić information content (AvgIpc) is 3.02. The zero-order valence-electron chi connectivity index (χ0n) is 11.9. The second-order valence-corrected chi connectivity index (χ2v) is 5.78. The van der Waals surface area contributed by atoms with Gasteiger partial charge in [-0.25, -0.2) is 0 Å². The maximum atomic E-state index is 5.76. The monoisotopic (exact) mass is 281 g/mol. The van der Waals surface area contributed by atoms with Gasteiger partial charge in [0, 0.05) is 18.8 Å². The molecule has 0 radical (unpaired) electrons. The molecule has 0 aliphatic carbocycles. The quantitative estimate of drug-likeness (QED) is 0.939. The Kier molecular flexibility index (Phi) is 3.33. The van der Waals surface area contributed by atoms with Gasteiger partial charge in [-0.05, 0) is 23.6 Å². The molecule has 3 heterocycles. The van der Waals surface area contributed by atoms with Crippen LogP contribution in [0.15, 0.2) is 48.7 Å². The van der Waals surface area contributed by atoms with Crippen molar-refractivity contribution in [3.05, 3.63) is 59.9 Å². The molecular formula is C17H19N3O. The molecule has 4 nitrogen and oxygen atoms in total. The van der Waals surface area contributed by atoms with Gasteiger partial charge in [0.05, 0.1) is 24.9 Å². The van der Waals surface area contributed by atoms with E-state index in [1.165, 1.54) is 11.1 Å². The Balaban J connectivity index is 1.59. The molecule has 21 heavy (non-hydrogen) atoms. The van der Waals surface area contributed by atoms with Crippen LogP contribution in [-0.4, -0.2) is 40.4 Å². The van der Waals surface area contributed by atoms with Crippen LogP contribution in [0, 0.1) is 0 Å². The molecule has 2 bridgehead atoms. The lowest BCUT2D eigenvalue weighted by atomic mass is 9.92. The molecule has 2 aliphatic heterocycles. The van der Waals surface area contributed by atoms with Crippen molar-refractivity contribution in [1.29, 1.82) is 0 Å². The van der Waals surface area contributed by atoms with Crippen LogP contribution in [0.3, 0.4) is 0 Å². The Labute approximate surface area is 124 Å². The standard InChI is InChI=1S/C17H19N3O/c1-2-4-13(5-3-1)10-20-15-8-14(17-6-7-18-19-17)9-16(20)12-21-11-15/h1-8,15-16H,9-12H2,(H,18,19). The topological polar surface area (TPSA) is 41.1 Å². The maximum absolute atomic E-state index is 5.76. The van der Waals surface area contributed by atoms with Crippen molar-refractivity contribution < 1.29 is 4.74 Å². The molecule has 2 aliphatic rings. The summed E-state index contributed by atoms with van der Waals surface area (Å²) in [6, 6.07) is 13.5. The van der Waals surface area contributed by atoms with E-state index in [1.807, 2.05) is 6.20 Å². The van der Waals surface area contributed by atoms with Crippen molar-refractivity contribution in [3.8, 4) is 0 Å². The number of aromatic nitrogens is 2. The van der Waals surface area contributed by atoms with Crippen LogP contribution in [0.25, 0.3) is 5.57 Å². The molecular weight excluding hydrogens is 262 g/mol. The highest BCUT2D eigenvalue weighted by atomic mass is 16.5. The summed E-state index contributed by atoms with van der Waals surface area (Å²) in [6.45, 7) is 2.59. The fourth-order valence-electron chi connectivity index (χ4n) is 3.34. The molecule has 0 amide bonds. The number of nitrogens with zero attached hydrogens (tertiary/aromatic N) is 2. The summed E-state index contributed by atoms with van der Waals surface area (Å²) in [5, 5.41) is 7.15. The maximum Gasteiger partial charge on any atom is 0.0658 e. The predicted octanol–water partition coefficient (Wildman–Crippen LogP) is 2.47. The first-order chi connectivity index (χ1) is 10.4. The molecule has 2 aromatic rings. The van der Waals surface area contributed by atoms with Crippen LogP contribution in [0.1, 0.15) is 17.7 Å². The number of ether oxygens (including phenoxy) is 1. The number of nitrogens with one attached hydrogen (secondary N) is 1. The molecule has 0 saturated carbocycles. The average molecular weight is 281 g/mol. The van der Waals surface area contributed by atoms with Crippen molar-refractivity contribution in [2.24, 2.45) is 0 Å². The van der Waals surface area contributed by atoms with Crippen molar-refractivity contribution in [1.82, 2.24) is 15.1 Å². The highest BCUT2D eigenvalue weighted by Gasteiger charge is 2.35. The van der Waals surface area contributed by atoms with Gasteiger partial charge in [0.1, 0.15) is 0 Å². The van der Waals surface area contributed by atoms with Crippen LogP contribution in [0.2, 0.25) is 0 Å². The minimum Gasteiger partial charge on any atom is -0.378 e. The van der Waals surface area contributed by atoms with Crippen LogP contribution >= 0.6 is 0 Å². The summed E-state index contributed by atoms with van der Waals surface area (Å²) in [5.41, 5.74) is 3.88. The summed E-state index contributed by atoms with van der Waals surface area (Å²) in [6.07, 6.45) is 5.18. The SMILES string of the molecule is C1=C(c2ccn[nH]2)CC2COCC1N2Cc1ccccc1. The van der Waals surface area contributed by atoms with E-state index in [2.05, 4.69) is 57.6 Å². The van der Waals surface area contributed by atoms with Crippen LogP contribution in [0.5, 0.6) is 0 Å². The summed E-state index contributed by atoms with van der Waals surface area (Å²) in [4.78, 5) is 2.57. The molecule has 1 aromatic heterocycles. The zero-order chi connectivity index (χ0) is 14.1. The number of hydrogen-bond donors (Lipinski definition) is 1. The van der Waals surface area contributed by atoms with Gasteiger partial charge in [-0.1, -0.05) is 36.4 Å².